The van der Waals surface area contributed by atoms with E-state index in [1.54, 1.807) is 23.1 Å². The first-order valence-corrected chi connectivity index (χ1v) is 10.8. The summed E-state index contributed by atoms with van der Waals surface area (Å²) >= 11 is 2.81. The zero-order chi connectivity index (χ0) is 21.1. The van der Waals surface area contributed by atoms with Crippen LogP contribution in [0, 0.1) is 0 Å². The lowest BCUT2D eigenvalue weighted by atomic mass is 10.2. The van der Waals surface area contributed by atoms with Crippen molar-refractivity contribution in [1.29, 1.82) is 0 Å². The fraction of sp³-hybridized carbons (Fsp3) is 0.0909. The van der Waals surface area contributed by atoms with E-state index < -0.39 is 0 Å². The van der Waals surface area contributed by atoms with E-state index in [0.29, 0.717) is 27.4 Å². The molecule has 2 aromatic carbocycles. The molecule has 2 amide bonds. The number of rotatable bonds is 5. The first kappa shape index (κ1) is 20.1. The molecule has 1 saturated heterocycles. The highest BCUT2D eigenvalue weighted by atomic mass is 32.2. The predicted octanol–water partition coefficient (Wildman–Crippen LogP) is 5.04. The SMILES string of the molecule is C=CCN1C(=O)/C(=C/c2ccc(NC(C)=O)cc2)S/C1=N/c1nc2ccccc2s1. The monoisotopic (exact) mass is 434 g/mol. The first-order chi connectivity index (χ1) is 14.5. The van der Waals surface area contributed by atoms with Crippen molar-refractivity contribution in [3.63, 3.8) is 0 Å². The number of nitrogens with one attached hydrogen (secondary N) is 1. The van der Waals surface area contributed by atoms with Gasteiger partial charge in [-0.05, 0) is 47.7 Å². The summed E-state index contributed by atoms with van der Waals surface area (Å²) < 4.78 is 1.05. The number of benzene rings is 2. The van der Waals surface area contributed by atoms with Crippen LogP contribution in [0.4, 0.5) is 10.8 Å². The zero-order valence-electron chi connectivity index (χ0n) is 16.2. The Morgan fingerprint density at radius 1 is 1.23 bits per heavy atom. The van der Waals surface area contributed by atoms with Gasteiger partial charge in [0.15, 0.2) is 5.17 Å². The molecular formula is C22H18N4O2S2. The van der Waals surface area contributed by atoms with Gasteiger partial charge in [-0.3, -0.25) is 14.5 Å². The Morgan fingerprint density at radius 2 is 2.00 bits per heavy atom. The summed E-state index contributed by atoms with van der Waals surface area (Å²) in [5.41, 5.74) is 2.46. The molecule has 6 nitrogen and oxygen atoms in total. The van der Waals surface area contributed by atoms with Crippen LogP contribution in [0.25, 0.3) is 16.3 Å². The fourth-order valence-electron chi connectivity index (χ4n) is 2.89. The van der Waals surface area contributed by atoms with E-state index in [2.05, 4.69) is 21.9 Å². The van der Waals surface area contributed by atoms with Crippen molar-refractivity contribution in [3.05, 3.63) is 71.7 Å². The van der Waals surface area contributed by atoms with Crippen LogP contribution in [-0.2, 0) is 9.59 Å². The molecule has 1 aliphatic heterocycles. The summed E-state index contributed by atoms with van der Waals surface area (Å²) in [6, 6.07) is 15.2. The van der Waals surface area contributed by atoms with E-state index in [9.17, 15) is 9.59 Å². The molecule has 3 aromatic rings. The Bertz CT molecular complexity index is 1160. The van der Waals surface area contributed by atoms with Gasteiger partial charge in [0, 0.05) is 19.2 Å². The number of aromatic nitrogens is 1. The molecular weight excluding hydrogens is 416 g/mol. The van der Waals surface area contributed by atoms with E-state index in [0.717, 1.165) is 15.8 Å². The van der Waals surface area contributed by atoms with E-state index >= 15 is 0 Å². The Balaban J connectivity index is 1.62. The van der Waals surface area contributed by atoms with E-state index in [1.165, 1.54) is 30.0 Å². The molecule has 0 unspecified atom stereocenters. The van der Waals surface area contributed by atoms with Crippen LogP contribution >= 0.6 is 23.1 Å². The topological polar surface area (TPSA) is 74.7 Å². The maximum absolute atomic E-state index is 12.9. The quantitative estimate of drug-likeness (QED) is 0.451. The molecule has 1 aromatic heterocycles. The average molecular weight is 435 g/mol. The van der Waals surface area contributed by atoms with Gasteiger partial charge in [-0.25, -0.2) is 4.98 Å². The number of carbonyl (C=O) groups excluding carboxylic acids is 2. The molecule has 150 valence electrons. The molecule has 1 N–H and O–H groups in total. The van der Waals surface area contributed by atoms with Gasteiger partial charge in [-0.1, -0.05) is 41.7 Å². The van der Waals surface area contributed by atoms with Gasteiger partial charge in [0.1, 0.15) is 0 Å². The Labute approximate surface area is 182 Å². The summed E-state index contributed by atoms with van der Waals surface area (Å²) in [7, 11) is 0. The smallest absolute Gasteiger partial charge is 0.267 e. The second-order valence-electron chi connectivity index (χ2n) is 6.48. The third-order valence-corrected chi connectivity index (χ3v) is 6.14. The van der Waals surface area contributed by atoms with Crippen LogP contribution in [0.15, 0.2) is 71.1 Å². The molecule has 30 heavy (non-hydrogen) atoms. The standard InChI is InChI=1S/C22H18N4O2S2/c1-3-12-26-20(28)19(13-15-8-10-16(11-9-15)23-14(2)27)30-22(26)25-21-24-17-6-4-5-7-18(17)29-21/h3-11,13H,1,12H2,2H3,(H,23,27)/b19-13-,25-22+. The minimum Gasteiger partial charge on any atom is -0.326 e. The van der Waals surface area contributed by atoms with Gasteiger partial charge in [-0.2, -0.15) is 4.99 Å². The number of amides is 2. The Kier molecular flexibility index (Phi) is 5.78. The highest BCUT2D eigenvalue weighted by Crippen LogP contribution is 2.36. The lowest BCUT2D eigenvalue weighted by Crippen LogP contribution is -2.29. The van der Waals surface area contributed by atoms with Crippen molar-refractivity contribution in [2.24, 2.45) is 4.99 Å². The molecule has 0 saturated carbocycles. The number of fused-ring (bicyclic) bond motifs is 1. The number of aliphatic imine (C=N–C) groups is 1. The summed E-state index contributed by atoms with van der Waals surface area (Å²) in [4.78, 5) is 35.4. The summed E-state index contributed by atoms with van der Waals surface area (Å²) in [5.74, 6) is -0.246. The maximum atomic E-state index is 12.9. The van der Waals surface area contributed by atoms with Gasteiger partial charge in [0.05, 0.1) is 15.1 Å². The van der Waals surface area contributed by atoms with Crippen molar-refractivity contribution in [2.75, 3.05) is 11.9 Å². The number of thiazole rings is 1. The molecule has 0 aliphatic carbocycles. The number of thioether (sulfide) groups is 1. The van der Waals surface area contributed by atoms with Gasteiger partial charge in [0.25, 0.3) is 5.91 Å². The van der Waals surface area contributed by atoms with Crippen molar-refractivity contribution in [2.45, 2.75) is 6.92 Å². The highest BCUT2D eigenvalue weighted by Gasteiger charge is 2.32. The van der Waals surface area contributed by atoms with Crippen LogP contribution in [0.5, 0.6) is 0 Å². The summed E-state index contributed by atoms with van der Waals surface area (Å²) in [6.07, 6.45) is 3.50. The first-order valence-electron chi connectivity index (χ1n) is 9.18. The third-order valence-electron chi connectivity index (χ3n) is 4.20. The second kappa shape index (κ2) is 8.64. The number of anilines is 1. The lowest BCUT2D eigenvalue weighted by Gasteiger charge is -2.11. The largest absolute Gasteiger partial charge is 0.326 e. The zero-order valence-corrected chi connectivity index (χ0v) is 17.8. The lowest BCUT2D eigenvalue weighted by molar-refractivity contribution is -0.121. The predicted molar refractivity (Wildman–Crippen MR) is 125 cm³/mol. The minimum absolute atomic E-state index is 0.120. The van der Waals surface area contributed by atoms with Crippen molar-refractivity contribution < 1.29 is 9.59 Å². The molecule has 0 bridgehead atoms. The van der Waals surface area contributed by atoms with Crippen molar-refractivity contribution in [1.82, 2.24) is 9.88 Å². The van der Waals surface area contributed by atoms with Crippen molar-refractivity contribution in [3.8, 4) is 0 Å². The molecule has 0 atom stereocenters. The molecule has 0 spiro atoms. The van der Waals surface area contributed by atoms with Gasteiger partial charge in [-0.15, -0.1) is 6.58 Å². The number of nitrogens with zero attached hydrogens (tertiary/aromatic N) is 3. The highest BCUT2D eigenvalue weighted by molar-refractivity contribution is 8.18. The molecule has 0 radical (unpaired) electrons. The second-order valence-corrected chi connectivity index (χ2v) is 8.50. The Morgan fingerprint density at radius 3 is 2.70 bits per heavy atom. The molecule has 4 rings (SSSR count). The third kappa shape index (κ3) is 4.34. The Hall–Kier alpha value is -3.23. The maximum Gasteiger partial charge on any atom is 0.267 e. The van der Waals surface area contributed by atoms with Crippen LogP contribution in [0.1, 0.15) is 12.5 Å². The number of amidine groups is 1. The number of hydrogen-bond donors (Lipinski definition) is 1. The summed E-state index contributed by atoms with van der Waals surface area (Å²) in [6.45, 7) is 5.58. The number of para-hydroxylation sites is 1. The van der Waals surface area contributed by atoms with Gasteiger partial charge < -0.3 is 5.32 Å². The molecule has 2 heterocycles. The van der Waals surface area contributed by atoms with Crippen LogP contribution in [0.3, 0.4) is 0 Å². The fourth-order valence-corrected chi connectivity index (χ4v) is 4.77. The van der Waals surface area contributed by atoms with Crippen LogP contribution in [-0.4, -0.2) is 33.4 Å². The van der Waals surface area contributed by atoms with E-state index in [1.807, 2.05) is 42.5 Å². The van der Waals surface area contributed by atoms with E-state index in [4.69, 9.17) is 0 Å². The van der Waals surface area contributed by atoms with Gasteiger partial charge in [0.2, 0.25) is 11.0 Å². The minimum atomic E-state index is -0.126. The van der Waals surface area contributed by atoms with Crippen molar-refractivity contribution >= 4 is 67.2 Å². The molecule has 8 heteroatoms. The summed E-state index contributed by atoms with van der Waals surface area (Å²) in [5, 5.41) is 3.92. The van der Waals surface area contributed by atoms with Crippen LogP contribution < -0.4 is 5.32 Å². The number of hydrogen-bond acceptors (Lipinski definition) is 6. The van der Waals surface area contributed by atoms with Crippen LogP contribution in [0.2, 0.25) is 0 Å². The van der Waals surface area contributed by atoms with E-state index in [-0.39, 0.29) is 11.8 Å². The number of carbonyl (C=O) groups is 2. The normalized spacial score (nSPS) is 16.6. The molecule has 1 aliphatic rings. The molecule has 1 fully saturated rings. The van der Waals surface area contributed by atoms with Gasteiger partial charge >= 0.3 is 0 Å². The average Bonchev–Trinajstić information content (AvgIpc) is 3.25.